The molecule has 1 amide bonds. The van der Waals surface area contributed by atoms with Crippen LogP contribution >= 0.6 is 0 Å². The normalized spacial score (nSPS) is 12.2. The first kappa shape index (κ1) is 28.0. The summed E-state index contributed by atoms with van der Waals surface area (Å²) in [5.41, 5.74) is 6.09. The molecule has 0 unspecified atom stereocenters. The van der Waals surface area contributed by atoms with E-state index < -0.39 is 0 Å². The standard InChI is InChI=1S/C31H34N4O6/c1-20-26(13-21-9-11-24(39-4)12-10-21)33-34-30(20)32-27-14-25(40-18-37-2)15-28(41-19-38-3)29(27)31(36)35-16-22-7-5-6-8-23(22)17-35/h5-12,14-15H,13,16-19H2,1-4H3,(H2,32,33,34). The molecule has 5 rings (SSSR count). The largest absolute Gasteiger partial charge is 0.497 e. The maximum Gasteiger partial charge on any atom is 0.260 e. The molecule has 10 nitrogen and oxygen atoms in total. The lowest BCUT2D eigenvalue weighted by Gasteiger charge is -2.22. The molecule has 1 aromatic heterocycles. The van der Waals surface area contributed by atoms with Crippen molar-refractivity contribution in [1.82, 2.24) is 15.1 Å². The van der Waals surface area contributed by atoms with Gasteiger partial charge in [0.1, 0.15) is 22.8 Å². The third-order valence-electron chi connectivity index (χ3n) is 7.00. The molecule has 4 aromatic rings. The van der Waals surface area contributed by atoms with Gasteiger partial charge in [-0.15, -0.1) is 0 Å². The number of ether oxygens (including phenoxy) is 5. The van der Waals surface area contributed by atoms with Crippen molar-refractivity contribution in [2.75, 3.05) is 40.2 Å². The topological polar surface area (TPSA) is 107 Å². The van der Waals surface area contributed by atoms with Gasteiger partial charge in [0.2, 0.25) is 0 Å². The highest BCUT2D eigenvalue weighted by Gasteiger charge is 2.30. The van der Waals surface area contributed by atoms with Gasteiger partial charge >= 0.3 is 0 Å². The summed E-state index contributed by atoms with van der Waals surface area (Å²) in [5, 5.41) is 11.1. The molecular weight excluding hydrogens is 524 g/mol. The zero-order valence-electron chi connectivity index (χ0n) is 23.7. The predicted octanol–water partition coefficient (Wildman–Crippen LogP) is 5.18. The fourth-order valence-electron chi connectivity index (χ4n) is 4.79. The minimum Gasteiger partial charge on any atom is -0.497 e. The van der Waals surface area contributed by atoms with Gasteiger partial charge in [0.15, 0.2) is 19.4 Å². The number of H-pyrrole nitrogens is 1. The van der Waals surface area contributed by atoms with Crippen molar-refractivity contribution < 1.29 is 28.5 Å². The van der Waals surface area contributed by atoms with Crippen molar-refractivity contribution in [3.63, 3.8) is 0 Å². The molecule has 0 atom stereocenters. The van der Waals surface area contributed by atoms with Crippen LogP contribution in [0.3, 0.4) is 0 Å². The molecule has 0 aliphatic carbocycles. The van der Waals surface area contributed by atoms with Gasteiger partial charge in [-0.05, 0) is 35.7 Å². The summed E-state index contributed by atoms with van der Waals surface area (Å²) in [6.45, 7) is 2.99. The highest BCUT2D eigenvalue weighted by molar-refractivity contribution is 6.03. The van der Waals surface area contributed by atoms with Gasteiger partial charge in [-0.25, -0.2) is 0 Å². The molecule has 41 heavy (non-hydrogen) atoms. The predicted molar refractivity (Wildman–Crippen MR) is 154 cm³/mol. The number of carbonyl (C=O) groups is 1. The number of benzene rings is 3. The molecule has 10 heteroatoms. The first-order chi connectivity index (χ1) is 20.0. The summed E-state index contributed by atoms with van der Waals surface area (Å²) in [6.07, 6.45) is 0.654. The number of carbonyl (C=O) groups excluding carboxylic acids is 1. The Morgan fingerprint density at radius 3 is 2.27 bits per heavy atom. The van der Waals surface area contributed by atoms with Gasteiger partial charge in [-0.3, -0.25) is 9.89 Å². The Hall–Kier alpha value is -4.54. The number of nitrogens with zero attached hydrogens (tertiary/aromatic N) is 2. The second kappa shape index (κ2) is 12.8. The van der Waals surface area contributed by atoms with E-state index in [1.807, 2.05) is 55.5 Å². The minimum absolute atomic E-state index is 0.0331. The van der Waals surface area contributed by atoms with Crippen LogP contribution in [0.4, 0.5) is 11.5 Å². The van der Waals surface area contributed by atoms with Gasteiger partial charge in [-0.1, -0.05) is 36.4 Å². The van der Waals surface area contributed by atoms with Crippen molar-refractivity contribution in [3.8, 4) is 17.2 Å². The van der Waals surface area contributed by atoms with Crippen LogP contribution in [0.15, 0.2) is 60.7 Å². The third-order valence-corrected chi connectivity index (χ3v) is 7.00. The number of fused-ring (bicyclic) bond motifs is 1. The molecule has 214 valence electrons. The van der Waals surface area contributed by atoms with Crippen molar-refractivity contribution in [2.24, 2.45) is 0 Å². The Balaban J connectivity index is 1.49. The van der Waals surface area contributed by atoms with Gasteiger partial charge in [0, 0.05) is 57.1 Å². The van der Waals surface area contributed by atoms with Crippen LogP contribution in [-0.2, 0) is 29.0 Å². The number of methoxy groups -OCH3 is 3. The number of aromatic amines is 1. The van der Waals surface area contributed by atoms with E-state index in [4.69, 9.17) is 23.7 Å². The van der Waals surface area contributed by atoms with E-state index in [9.17, 15) is 4.79 Å². The van der Waals surface area contributed by atoms with E-state index in [-0.39, 0.29) is 19.5 Å². The molecule has 0 saturated carbocycles. The van der Waals surface area contributed by atoms with Crippen molar-refractivity contribution in [2.45, 2.75) is 26.4 Å². The highest BCUT2D eigenvalue weighted by Crippen LogP contribution is 2.38. The number of aromatic nitrogens is 2. The fraction of sp³-hybridized carbons (Fsp3) is 0.290. The summed E-state index contributed by atoms with van der Waals surface area (Å²) < 4.78 is 27.2. The van der Waals surface area contributed by atoms with Crippen LogP contribution in [0.5, 0.6) is 17.2 Å². The van der Waals surface area contributed by atoms with E-state index in [0.717, 1.165) is 33.7 Å². The summed E-state index contributed by atoms with van der Waals surface area (Å²) in [7, 11) is 4.72. The Kier molecular flexibility index (Phi) is 8.71. The van der Waals surface area contributed by atoms with Crippen molar-refractivity contribution in [3.05, 3.63) is 94.2 Å². The molecular formula is C31H34N4O6. The molecule has 1 aliphatic heterocycles. The SMILES string of the molecule is COCOc1cc(Nc2n[nH]c(Cc3ccc(OC)cc3)c2C)c(C(=O)N2Cc3ccccc3C2)c(OCOC)c1. The van der Waals surface area contributed by atoms with Gasteiger partial charge in [-0.2, -0.15) is 5.10 Å². The summed E-state index contributed by atoms with van der Waals surface area (Å²) in [5.74, 6) is 2.01. The van der Waals surface area contributed by atoms with E-state index in [0.29, 0.717) is 48.1 Å². The number of anilines is 2. The number of hydrogen-bond acceptors (Lipinski definition) is 8. The Labute approximate surface area is 239 Å². The maximum atomic E-state index is 14.1. The molecule has 1 aliphatic rings. The molecule has 2 N–H and O–H groups in total. The number of hydrogen-bond donors (Lipinski definition) is 2. The van der Waals surface area contributed by atoms with E-state index >= 15 is 0 Å². The molecule has 2 heterocycles. The summed E-state index contributed by atoms with van der Waals surface area (Å²) in [6, 6.07) is 19.4. The smallest absolute Gasteiger partial charge is 0.260 e. The minimum atomic E-state index is -0.181. The van der Waals surface area contributed by atoms with Crippen molar-refractivity contribution >= 4 is 17.4 Å². The Morgan fingerprint density at radius 1 is 0.927 bits per heavy atom. The molecule has 3 aromatic carbocycles. The molecule has 0 spiro atoms. The third kappa shape index (κ3) is 6.29. The van der Waals surface area contributed by atoms with Crippen molar-refractivity contribution in [1.29, 1.82) is 0 Å². The second-order valence-electron chi connectivity index (χ2n) is 9.70. The van der Waals surface area contributed by atoms with E-state index in [1.54, 1.807) is 31.3 Å². The average Bonchev–Trinajstić information content (AvgIpc) is 3.58. The van der Waals surface area contributed by atoms with E-state index in [1.165, 1.54) is 7.11 Å². The van der Waals surface area contributed by atoms with Crippen LogP contribution < -0.4 is 19.5 Å². The quantitative estimate of drug-likeness (QED) is 0.229. The average molecular weight is 559 g/mol. The summed E-state index contributed by atoms with van der Waals surface area (Å²) >= 11 is 0. The molecule has 0 bridgehead atoms. The Bertz CT molecular complexity index is 1480. The molecule has 0 fully saturated rings. The van der Waals surface area contributed by atoms with Crippen LogP contribution in [0, 0.1) is 6.92 Å². The first-order valence-corrected chi connectivity index (χ1v) is 13.2. The van der Waals surface area contributed by atoms with Crippen LogP contribution in [0.2, 0.25) is 0 Å². The zero-order chi connectivity index (χ0) is 28.8. The highest BCUT2D eigenvalue weighted by atomic mass is 16.7. The lowest BCUT2D eigenvalue weighted by atomic mass is 10.1. The first-order valence-electron chi connectivity index (χ1n) is 13.2. The van der Waals surface area contributed by atoms with Crippen LogP contribution in [-0.4, -0.2) is 55.9 Å². The lowest BCUT2D eigenvalue weighted by molar-refractivity contribution is 0.0450. The Morgan fingerprint density at radius 2 is 1.61 bits per heavy atom. The number of amides is 1. The molecule has 0 radical (unpaired) electrons. The summed E-state index contributed by atoms with van der Waals surface area (Å²) in [4.78, 5) is 15.9. The molecule has 0 saturated heterocycles. The lowest BCUT2D eigenvalue weighted by Crippen LogP contribution is -2.27. The number of nitrogens with one attached hydrogen (secondary N) is 2. The van der Waals surface area contributed by atoms with Crippen LogP contribution in [0.25, 0.3) is 0 Å². The van der Waals surface area contributed by atoms with Gasteiger partial charge in [0.25, 0.3) is 5.91 Å². The zero-order valence-corrected chi connectivity index (χ0v) is 23.7. The fourth-order valence-corrected chi connectivity index (χ4v) is 4.79. The van der Waals surface area contributed by atoms with E-state index in [2.05, 4.69) is 15.5 Å². The second-order valence-corrected chi connectivity index (χ2v) is 9.70. The van der Waals surface area contributed by atoms with Crippen LogP contribution in [0.1, 0.15) is 38.3 Å². The monoisotopic (exact) mass is 558 g/mol. The maximum absolute atomic E-state index is 14.1. The van der Waals surface area contributed by atoms with Gasteiger partial charge in [0.05, 0.1) is 12.8 Å². The van der Waals surface area contributed by atoms with Gasteiger partial charge < -0.3 is 33.9 Å². The number of rotatable bonds is 12.